The predicted molar refractivity (Wildman–Crippen MR) is 73.6 cm³/mol. The molecule has 1 aromatic heterocycles. The van der Waals surface area contributed by atoms with Crippen molar-refractivity contribution in [2.45, 2.75) is 57.8 Å². The summed E-state index contributed by atoms with van der Waals surface area (Å²) in [6, 6.07) is 0.749. The Morgan fingerprint density at radius 2 is 2.17 bits per heavy atom. The molecule has 0 saturated heterocycles. The van der Waals surface area contributed by atoms with Crippen LogP contribution >= 0.6 is 11.8 Å². The van der Waals surface area contributed by atoms with Crippen LogP contribution in [0.5, 0.6) is 0 Å². The topological polar surface area (TPSA) is 55.6 Å². The van der Waals surface area contributed by atoms with Crippen LogP contribution in [-0.4, -0.2) is 38.5 Å². The molecule has 5 nitrogen and oxygen atoms in total. The Morgan fingerprint density at radius 1 is 1.39 bits per heavy atom. The van der Waals surface area contributed by atoms with Crippen molar-refractivity contribution in [2.24, 2.45) is 5.41 Å². The van der Waals surface area contributed by atoms with Crippen molar-refractivity contribution in [2.75, 3.05) is 12.3 Å². The number of nitrogens with zero attached hydrogens (tertiary/aromatic N) is 4. The van der Waals surface area contributed by atoms with Gasteiger partial charge in [0.25, 0.3) is 0 Å². The van der Waals surface area contributed by atoms with E-state index in [2.05, 4.69) is 41.6 Å². The smallest absolute Gasteiger partial charge is 0.209 e. The highest BCUT2D eigenvalue weighted by Crippen LogP contribution is 2.24. The van der Waals surface area contributed by atoms with Crippen molar-refractivity contribution in [1.29, 1.82) is 0 Å². The molecule has 0 aliphatic heterocycles. The maximum atomic E-state index is 4.09. The van der Waals surface area contributed by atoms with Crippen LogP contribution in [0, 0.1) is 5.41 Å². The third-order valence-corrected chi connectivity index (χ3v) is 3.88. The monoisotopic (exact) mass is 269 g/mol. The van der Waals surface area contributed by atoms with E-state index in [9.17, 15) is 0 Å². The zero-order chi connectivity index (χ0) is 13.0. The lowest BCUT2D eigenvalue weighted by Gasteiger charge is -2.16. The largest absolute Gasteiger partial charge is 0.312 e. The Morgan fingerprint density at radius 3 is 2.83 bits per heavy atom. The molecular weight excluding hydrogens is 246 g/mol. The van der Waals surface area contributed by atoms with Crippen LogP contribution < -0.4 is 5.32 Å². The second kappa shape index (κ2) is 6.02. The molecule has 2 rings (SSSR count). The van der Waals surface area contributed by atoms with E-state index in [1.54, 1.807) is 11.8 Å². The summed E-state index contributed by atoms with van der Waals surface area (Å²) in [7, 11) is 0. The molecule has 1 N–H and O–H groups in total. The van der Waals surface area contributed by atoms with Gasteiger partial charge in [0.05, 0.1) is 6.54 Å². The number of nitrogens with one attached hydrogen (secondary N) is 1. The Bertz CT molecular complexity index is 367. The van der Waals surface area contributed by atoms with Crippen molar-refractivity contribution >= 4 is 11.8 Å². The van der Waals surface area contributed by atoms with Crippen LogP contribution in [0.25, 0.3) is 0 Å². The summed E-state index contributed by atoms with van der Waals surface area (Å²) < 4.78 is 1.91. The Kier molecular flexibility index (Phi) is 4.61. The summed E-state index contributed by atoms with van der Waals surface area (Å²) in [6.07, 6.45) is 3.82. The van der Waals surface area contributed by atoms with E-state index in [0.29, 0.717) is 5.41 Å². The first-order chi connectivity index (χ1) is 8.54. The van der Waals surface area contributed by atoms with Gasteiger partial charge in [0.1, 0.15) is 0 Å². The van der Waals surface area contributed by atoms with Gasteiger partial charge in [-0.15, -0.1) is 5.10 Å². The average molecular weight is 269 g/mol. The number of thioether (sulfide) groups is 1. The molecular formula is C12H23N5S. The molecule has 102 valence electrons. The predicted octanol–water partition coefficient (Wildman–Crippen LogP) is 1.95. The lowest BCUT2D eigenvalue weighted by Crippen LogP contribution is -2.22. The fourth-order valence-electron chi connectivity index (χ4n) is 1.55. The third kappa shape index (κ3) is 4.94. The van der Waals surface area contributed by atoms with Crippen LogP contribution in [0.2, 0.25) is 0 Å². The molecule has 6 heteroatoms. The molecule has 1 aliphatic rings. The van der Waals surface area contributed by atoms with E-state index in [4.69, 9.17) is 0 Å². The summed E-state index contributed by atoms with van der Waals surface area (Å²) >= 11 is 1.75. The first kappa shape index (κ1) is 13.8. The lowest BCUT2D eigenvalue weighted by molar-refractivity contribution is 0.401. The number of aromatic nitrogens is 4. The molecule has 0 spiro atoms. The van der Waals surface area contributed by atoms with Gasteiger partial charge in [0.2, 0.25) is 5.16 Å². The van der Waals surface area contributed by atoms with Crippen LogP contribution in [0.1, 0.15) is 40.0 Å². The van der Waals surface area contributed by atoms with Crippen LogP contribution in [0.3, 0.4) is 0 Å². The SMILES string of the molecule is CC(C)(C)CCSc1nnnn1CCNC1CC1. The summed E-state index contributed by atoms with van der Waals surface area (Å²) in [6.45, 7) is 8.60. The Labute approximate surface area is 113 Å². The summed E-state index contributed by atoms with van der Waals surface area (Å²) in [4.78, 5) is 0. The molecule has 1 heterocycles. The van der Waals surface area contributed by atoms with Gasteiger partial charge in [-0.25, -0.2) is 4.68 Å². The van der Waals surface area contributed by atoms with E-state index in [1.807, 2.05) is 4.68 Å². The van der Waals surface area contributed by atoms with Crippen molar-refractivity contribution in [3.05, 3.63) is 0 Å². The van der Waals surface area contributed by atoms with Crippen molar-refractivity contribution in [3.8, 4) is 0 Å². The van der Waals surface area contributed by atoms with E-state index in [0.717, 1.165) is 30.0 Å². The fraction of sp³-hybridized carbons (Fsp3) is 0.917. The number of tetrazole rings is 1. The van der Waals surface area contributed by atoms with Gasteiger partial charge in [0, 0.05) is 18.3 Å². The first-order valence-electron chi connectivity index (χ1n) is 6.67. The quantitative estimate of drug-likeness (QED) is 0.767. The molecule has 0 aromatic carbocycles. The normalized spacial score (nSPS) is 16.2. The zero-order valence-corrected chi connectivity index (χ0v) is 12.3. The minimum absolute atomic E-state index is 0.374. The van der Waals surface area contributed by atoms with Gasteiger partial charge < -0.3 is 5.32 Å². The van der Waals surface area contributed by atoms with Crippen LogP contribution in [0.4, 0.5) is 0 Å². The van der Waals surface area contributed by atoms with Crippen molar-refractivity contribution in [1.82, 2.24) is 25.5 Å². The van der Waals surface area contributed by atoms with Gasteiger partial charge in [-0.1, -0.05) is 32.5 Å². The number of hydrogen-bond donors (Lipinski definition) is 1. The molecule has 1 aliphatic carbocycles. The highest BCUT2D eigenvalue weighted by atomic mass is 32.2. The van der Waals surface area contributed by atoms with Crippen molar-refractivity contribution < 1.29 is 0 Å². The first-order valence-corrected chi connectivity index (χ1v) is 7.65. The molecule has 0 amide bonds. The zero-order valence-electron chi connectivity index (χ0n) is 11.5. The molecule has 1 fully saturated rings. The van der Waals surface area contributed by atoms with Gasteiger partial charge in [0.15, 0.2) is 0 Å². The highest BCUT2D eigenvalue weighted by Gasteiger charge is 2.20. The van der Waals surface area contributed by atoms with E-state index < -0.39 is 0 Å². The van der Waals surface area contributed by atoms with Gasteiger partial charge in [-0.3, -0.25) is 0 Å². The minimum atomic E-state index is 0.374. The van der Waals surface area contributed by atoms with E-state index in [1.165, 1.54) is 19.3 Å². The molecule has 0 atom stereocenters. The maximum Gasteiger partial charge on any atom is 0.209 e. The number of hydrogen-bond acceptors (Lipinski definition) is 5. The number of rotatable bonds is 7. The van der Waals surface area contributed by atoms with Crippen molar-refractivity contribution in [3.63, 3.8) is 0 Å². The molecule has 0 radical (unpaired) electrons. The molecule has 0 unspecified atom stereocenters. The standard InChI is InChI=1S/C12H23N5S/c1-12(2,3)6-9-18-11-14-15-16-17(11)8-7-13-10-4-5-10/h10,13H,4-9H2,1-3H3. The average Bonchev–Trinajstić information content (AvgIpc) is 2.98. The molecule has 1 saturated carbocycles. The summed E-state index contributed by atoms with van der Waals surface area (Å²) in [5.74, 6) is 1.07. The summed E-state index contributed by atoms with van der Waals surface area (Å²) in [5, 5.41) is 16.3. The minimum Gasteiger partial charge on any atom is -0.312 e. The Hall–Kier alpha value is -0.620. The van der Waals surface area contributed by atoms with E-state index in [-0.39, 0.29) is 0 Å². The van der Waals surface area contributed by atoms with Crippen LogP contribution in [0.15, 0.2) is 5.16 Å². The summed E-state index contributed by atoms with van der Waals surface area (Å²) in [5.41, 5.74) is 0.374. The fourth-order valence-corrected chi connectivity index (χ4v) is 2.82. The van der Waals surface area contributed by atoms with Crippen LogP contribution in [-0.2, 0) is 6.54 Å². The van der Waals surface area contributed by atoms with Gasteiger partial charge in [-0.05, 0) is 35.1 Å². The van der Waals surface area contributed by atoms with Gasteiger partial charge in [-0.2, -0.15) is 0 Å². The molecule has 18 heavy (non-hydrogen) atoms. The van der Waals surface area contributed by atoms with Gasteiger partial charge >= 0.3 is 0 Å². The Balaban J connectivity index is 1.72. The lowest BCUT2D eigenvalue weighted by atomic mass is 9.94. The second-order valence-electron chi connectivity index (χ2n) is 6.07. The third-order valence-electron chi connectivity index (χ3n) is 2.92. The molecule has 1 aromatic rings. The molecule has 0 bridgehead atoms. The maximum absolute atomic E-state index is 4.09. The highest BCUT2D eigenvalue weighted by molar-refractivity contribution is 7.99. The second-order valence-corrected chi connectivity index (χ2v) is 7.13. The van der Waals surface area contributed by atoms with E-state index >= 15 is 0 Å².